The molecule has 0 aliphatic heterocycles. The van der Waals surface area contributed by atoms with E-state index in [-0.39, 0.29) is 0 Å². The molecule has 0 saturated heterocycles. The highest BCUT2D eigenvalue weighted by atomic mass is 14.9. The van der Waals surface area contributed by atoms with Crippen molar-refractivity contribution in [1.29, 1.82) is 0 Å². The zero-order valence-corrected chi connectivity index (χ0v) is 13.7. The Kier molecular flexibility index (Phi) is 3.25. The predicted molar refractivity (Wildman–Crippen MR) is 85.9 cm³/mol. The second kappa shape index (κ2) is 4.59. The van der Waals surface area contributed by atoms with Crippen molar-refractivity contribution in [3.63, 3.8) is 0 Å². The molecule has 0 bridgehead atoms. The second-order valence-electron chi connectivity index (χ2n) is 7.94. The predicted octanol–water partition coefficient (Wildman–Crippen LogP) is 4.90. The molecule has 1 unspecified atom stereocenters. The Bertz CT molecular complexity index is 482. The van der Waals surface area contributed by atoms with Gasteiger partial charge in [-0.05, 0) is 53.7 Å². The van der Waals surface area contributed by atoms with E-state index in [0.29, 0.717) is 16.9 Å². The number of rotatable bonds is 4. The lowest BCUT2D eigenvalue weighted by Crippen LogP contribution is -2.24. The zero-order chi connectivity index (χ0) is 14.5. The summed E-state index contributed by atoms with van der Waals surface area (Å²) in [6.07, 6.45) is 4.17. The quantitative estimate of drug-likeness (QED) is 0.821. The van der Waals surface area contributed by atoms with Crippen molar-refractivity contribution in [3.8, 4) is 0 Å². The lowest BCUT2D eigenvalue weighted by atomic mass is 9.76. The van der Waals surface area contributed by atoms with Crippen molar-refractivity contribution in [3.05, 3.63) is 35.4 Å². The fourth-order valence-electron chi connectivity index (χ4n) is 4.47. The molecule has 1 nitrogen and oxygen atoms in total. The van der Waals surface area contributed by atoms with E-state index in [9.17, 15) is 0 Å². The third-order valence-corrected chi connectivity index (χ3v) is 6.65. The van der Waals surface area contributed by atoms with Gasteiger partial charge in [-0.1, -0.05) is 58.4 Å². The molecule has 1 aromatic carbocycles. The fourth-order valence-corrected chi connectivity index (χ4v) is 4.47. The van der Waals surface area contributed by atoms with Gasteiger partial charge in [-0.25, -0.2) is 0 Å². The van der Waals surface area contributed by atoms with Crippen LogP contribution in [0.3, 0.4) is 0 Å². The number of hydrogen-bond donors (Lipinski definition) is 1. The molecule has 0 aromatic heterocycles. The molecule has 0 spiro atoms. The van der Waals surface area contributed by atoms with Crippen LogP contribution in [0, 0.1) is 16.7 Å². The molecule has 0 radical (unpaired) electrons. The summed E-state index contributed by atoms with van der Waals surface area (Å²) < 4.78 is 0. The first-order chi connectivity index (χ1) is 9.41. The van der Waals surface area contributed by atoms with Gasteiger partial charge in [0.25, 0.3) is 0 Å². The van der Waals surface area contributed by atoms with E-state index >= 15 is 0 Å². The van der Waals surface area contributed by atoms with Gasteiger partial charge in [-0.15, -0.1) is 0 Å². The summed E-state index contributed by atoms with van der Waals surface area (Å²) in [7, 11) is 2.13. The van der Waals surface area contributed by atoms with E-state index in [1.54, 1.807) is 11.1 Å². The Hall–Kier alpha value is -0.820. The van der Waals surface area contributed by atoms with Crippen LogP contribution in [0.5, 0.6) is 0 Å². The van der Waals surface area contributed by atoms with E-state index in [1.165, 1.54) is 19.3 Å². The Labute approximate surface area is 124 Å². The van der Waals surface area contributed by atoms with Gasteiger partial charge in [0, 0.05) is 6.04 Å². The summed E-state index contributed by atoms with van der Waals surface area (Å²) >= 11 is 0. The fraction of sp³-hybridized carbons (Fsp3) is 0.684. The molecule has 20 heavy (non-hydrogen) atoms. The van der Waals surface area contributed by atoms with Gasteiger partial charge in [0.1, 0.15) is 0 Å². The number of benzene rings is 1. The normalized spacial score (nSPS) is 26.1. The van der Waals surface area contributed by atoms with E-state index in [0.717, 1.165) is 11.8 Å². The van der Waals surface area contributed by atoms with Crippen molar-refractivity contribution < 1.29 is 0 Å². The van der Waals surface area contributed by atoms with Gasteiger partial charge in [0.15, 0.2) is 0 Å². The number of hydrogen-bond acceptors (Lipinski definition) is 1. The minimum atomic E-state index is 0.424. The minimum Gasteiger partial charge on any atom is -0.313 e. The molecule has 1 atom stereocenters. The molecular weight excluding hydrogens is 242 g/mol. The second-order valence-corrected chi connectivity index (χ2v) is 7.94. The van der Waals surface area contributed by atoms with Crippen LogP contribution >= 0.6 is 0 Å². The van der Waals surface area contributed by atoms with Crippen LogP contribution in [0.25, 0.3) is 0 Å². The van der Waals surface area contributed by atoms with Crippen LogP contribution in [-0.2, 0) is 0 Å². The first kappa shape index (κ1) is 14.1. The summed E-state index contributed by atoms with van der Waals surface area (Å²) in [5.74, 6) is 1.54. The SMILES string of the molecule is CNC(c1ccccc1C1CCC1)C1C(C)(C)C1(C)C. The highest BCUT2D eigenvalue weighted by Gasteiger charge is 2.67. The van der Waals surface area contributed by atoms with Crippen LogP contribution in [0.1, 0.15) is 70.0 Å². The van der Waals surface area contributed by atoms with Crippen LogP contribution in [0.4, 0.5) is 0 Å². The Balaban J connectivity index is 1.95. The monoisotopic (exact) mass is 271 g/mol. The smallest absolute Gasteiger partial charge is 0.0359 e. The lowest BCUT2D eigenvalue weighted by molar-refractivity contribution is 0.396. The van der Waals surface area contributed by atoms with Gasteiger partial charge in [0.2, 0.25) is 0 Å². The molecule has 110 valence electrons. The van der Waals surface area contributed by atoms with Crippen molar-refractivity contribution >= 4 is 0 Å². The van der Waals surface area contributed by atoms with E-state index < -0.39 is 0 Å². The first-order valence-corrected chi connectivity index (χ1v) is 8.17. The molecule has 0 amide bonds. The molecule has 2 aliphatic carbocycles. The van der Waals surface area contributed by atoms with E-state index in [4.69, 9.17) is 0 Å². The molecule has 1 aromatic rings. The lowest BCUT2D eigenvalue weighted by Gasteiger charge is -2.31. The van der Waals surface area contributed by atoms with Crippen molar-refractivity contribution in [1.82, 2.24) is 5.32 Å². The van der Waals surface area contributed by atoms with Gasteiger partial charge in [0.05, 0.1) is 0 Å². The van der Waals surface area contributed by atoms with Gasteiger partial charge >= 0.3 is 0 Å². The molecule has 2 aliphatic rings. The number of nitrogens with one attached hydrogen (secondary N) is 1. The largest absolute Gasteiger partial charge is 0.313 e. The zero-order valence-electron chi connectivity index (χ0n) is 13.7. The van der Waals surface area contributed by atoms with Crippen LogP contribution < -0.4 is 5.32 Å². The highest BCUT2D eigenvalue weighted by Crippen LogP contribution is 2.72. The maximum atomic E-state index is 3.63. The Morgan fingerprint density at radius 1 is 1.05 bits per heavy atom. The third kappa shape index (κ3) is 1.86. The standard InChI is InChI=1S/C19H29N/c1-18(2)17(19(18,3)4)16(20-5)15-12-7-6-11-14(15)13-9-8-10-13/h6-7,11-13,16-17,20H,8-10H2,1-5H3. The maximum Gasteiger partial charge on any atom is 0.0359 e. The van der Waals surface area contributed by atoms with Gasteiger partial charge in [-0.3, -0.25) is 0 Å². The van der Waals surface area contributed by atoms with E-state index in [2.05, 4.69) is 64.3 Å². The molecule has 0 heterocycles. The third-order valence-electron chi connectivity index (χ3n) is 6.65. The van der Waals surface area contributed by atoms with Crippen LogP contribution in [-0.4, -0.2) is 7.05 Å². The molecule has 2 saturated carbocycles. The van der Waals surface area contributed by atoms with Crippen molar-refractivity contribution in [2.24, 2.45) is 16.7 Å². The van der Waals surface area contributed by atoms with Gasteiger partial charge in [-0.2, -0.15) is 0 Å². The highest BCUT2D eigenvalue weighted by molar-refractivity contribution is 5.37. The van der Waals surface area contributed by atoms with Crippen LogP contribution in [0.15, 0.2) is 24.3 Å². The van der Waals surface area contributed by atoms with Crippen molar-refractivity contribution in [2.75, 3.05) is 7.05 Å². The average molecular weight is 271 g/mol. The minimum absolute atomic E-state index is 0.424. The summed E-state index contributed by atoms with van der Waals surface area (Å²) in [4.78, 5) is 0. The van der Waals surface area contributed by atoms with Gasteiger partial charge < -0.3 is 5.32 Å². The Morgan fingerprint density at radius 2 is 1.65 bits per heavy atom. The summed E-state index contributed by atoms with van der Waals surface area (Å²) in [6, 6.07) is 9.65. The molecular formula is C19H29N. The first-order valence-electron chi connectivity index (χ1n) is 8.17. The molecule has 2 fully saturated rings. The summed E-state index contributed by atoms with van der Waals surface area (Å²) in [5.41, 5.74) is 4.01. The van der Waals surface area contributed by atoms with E-state index in [1.807, 2.05) is 0 Å². The molecule has 3 rings (SSSR count). The topological polar surface area (TPSA) is 12.0 Å². The molecule has 1 N–H and O–H groups in total. The van der Waals surface area contributed by atoms with Crippen molar-refractivity contribution in [2.45, 2.75) is 58.9 Å². The van der Waals surface area contributed by atoms with Crippen LogP contribution in [0.2, 0.25) is 0 Å². The summed E-state index contributed by atoms with van der Waals surface area (Å²) in [6.45, 7) is 9.70. The summed E-state index contributed by atoms with van der Waals surface area (Å²) in [5, 5.41) is 3.63. The molecule has 1 heteroatoms. The average Bonchev–Trinajstić information content (AvgIpc) is 2.73. The Morgan fingerprint density at radius 3 is 2.10 bits per heavy atom. The maximum absolute atomic E-state index is 3.63.